The highest BCUT2D eigenvalue weighted by molar-refractivity contribution is 9.10. The van der Waals surface area contributed by atoms with Gasteiger partial charge in [0, 0.05) is 6.42 Å². The minimum absolute atomic E-state index is 0.133. The van der Waals surface area contributed by atoms with Crippen LogP contribution in [0.1, 0.15) is 5.56 Å². The van der Waals surface area contributed by atoms with Crippen molar-refractivity contribution in [2.24, 2.45) is 5.73 Å². The Labute approximate surface area is 99.4 Å². The van der Waals surface area contributed by atoms with Gasteiger partial charge in [-0.3, -0.25) is 9.59 Å². The molecule has 86 valence electrons. The first-order chi connectivity index (χ1) is 7.41. The van der Waals surface area contributed by atoms with Gasteiger partial charge < -0.3 is 10.8 Å². The summed E-state index contributed by atoms with van der Waals surface area (Å²) in [6.45, 7) is 0. The Hall–Kier alpha value is -1.27. The number of nitrogens with two attached hydrogens (primary N) is 1. The molecule has 0 fully saturated rings. The second-order valence-corrected chi connectivity index (χ2v) is 4.06. The van der Waals surface area contributed by atoms with Gasteiger partial charge in [0.05, 0.1) is 4.47 Å². The van der Waals surface area contributed by atoms with Crippen molar-refractivity contribution >= 4 is 27.7 Å². The average molecular weight is 290 g/mol. The number of benzene rings is 1. The van der Waals surface area contributed by atoms with Gasteiger partial charge in [-0.1, -0.05) is 6.07 Å². The molecule has 0 amide bonds. The van der Waals surface area contributed by atoms with Crippen LogP contribution in [0.4, 0.5) is 4.39 Å². The number of hydrogen-bond acceptors (Lipinski definition) is 3. The molecule has 3 N–H and O–H groups in total. The van der Waals surface area contributed by atoms with Crippen LogP contribution in [0.2, 0.25) is 0 Å². The summed E-state index contributed by atoms with van der Waals surface area (Å²) in [6, 6.07) is 2.48. The highest BCUT2D eigenvalue weighted by atomic mass is 79.9. The Morgan fingerprint density at radius 3 is 2.62 bits per heavy atom. The van der Waals surface area contributed by atoms with Crippen molar-refractivity contribution in [2.45, 2.75) is 12.5 Å². The Balaban J connectivity index is 2.77. The van der Waals surface area contributed by atoms with Crippen LogP contribution in [0.3, 0.4) is 0 Å². The first-order valence-electron chi connectivity index (χ1n) is 4.37. The van der Waals surface area contributed by atoms with Gasteiger partial charge in [0.1, 0.15) is 5.82 Å². The Bertz CT molecular complexity index is 436. The molecule has 16 heavy (non-hydrogen) atoms. The molecule has 6 heteroatoms. The molecule has 0 aliphatic heterocycles. The van der Waals surface area contributed by atoms with E-state index in [1.807, 2.05) is 0 Å². The molecule has 1 aromatic carbocycles. The fourth-order valence-electron chi connectivity index (χ4n) is 1.10. The quantitative estimate of drug-likeness (QED) is 0.814. The summed E-state index contributed by atoms with van der Waals surface area (Å²) >= 11 is 2.97. The highest BCUT2D eigenvalue weighted by Crippen LogP contribution is 2.17. The lowest BCUT2D eigenvalue weighted by Crippen LogP contribution is -2.39. The van der Waals surface area contributed by atoms with Crippen molar-refractivity contribution in [3.8, 4) is 0 Å². The fourth-order valence-corrected chi connectivity index (χ4v) is 1.52. The number of aliphatic carboxylic acids is 1. The number of carbonyl (C=O) groups excluding carboxylic acids is 1. The Morgan fingerprint density at radius 2 is 2.12 bits per heavy atom. The van der Waals surface area contributed by atoms with Crippen LogP contribution in [0, 0.1) is 5.82 Å². The predicted molar refractivity (Wildman–Crippen MR) is 58.4 cm³/mol. The van der Waals surface area contributed by atoms with E-state index in [-0.39, 0.29) is 10.9 Å². The number of rotatable bonds is 4. The summed E-state index contributed by atoms with van der Waals surface area (Å²) in [7, 11) is 0. The molecule has 1 atom stereocenters. The van der Waals surface area contributed by atoms with E-state index in [0.717, 1.165) is 0 Å². The molecule has 0 heterocycles. The van der Waals surface area contributed by atoms with Gasteiger partial charge in [-0.25, -0.2) is 4.39 Å². The van der Waals surface area contributed by atoms with Crippen molar-refractivity contribution in [1.29, 1.82) is 0 Å². The van der Waals surface area contributed by atoms with Crippen LogP contribution in [-0.2, 0) is 16.0 Å². The van der Waals surface area contributed by atoms with Crippen LogP contribution in [-0.4, -0.2) is 22.9 Å². The lowest BCUT2D eigenvalue weighted by molar-refractivity contribution is -0.142. The summed E-state index contributed by atoms with van der Waals surface area (Å²) in [4.78, 5) is 21.8. The minimum Gasteiger partial charge on any atom is -0.480 e. The van der Waals surface area contributed by atoms with Crippen LogP contribution in [0.15, 0.2) is 22.7 Å². The molecule has 0 aromatic heterocycles. The molecule has 0 aliphatic rings. The van der Waals surface area contributed by atoms with Gasteiger partial charge in [-0.15, -0.1) is 0 Å². The van der Waals surface area contributed by atoms with Crippen molar-refractivity contribution in [3.63, 3.8) is 0 Å². The van der Waals surface area contributed by atoms with Crippen LogP contribution in [0.5, 0.6) is 0 Å². The largest absolute Gasteiger partial charge is 0.480 e. The predicted octanol–water partition coefficient (Wildman–Crippen LogP) is 1.11. The zero-order chi connectivity index (χ0) is 12.3. The normalized spacial score (nSPS) is 12.2. The SMILES string of the molecule is NC(C(=O)O)C(=O)Cc1ccc(F)c(Br)c1. The first kappa shape index (κ1) is 12.8. The van der Waals surface area contributed by atoms with E-state index < -0.39 is 23.6 Å². The fraction of sp³-hybridized carbons (Fsp3) is 0.200. The molecule has 0 aliphatic carbocycles. The van der Waals surface area contributed by atoms with Crippen molar-refractivity contribution in [2.75, 3.05) is 0 Å². The number of halogens is 2. The zero-order valence-electron chi connectivity index (χ0n) is 8.11. The third-order valence-electron chi connectivity index (χ3n) is 1.98. The number of carboxylic acids is 1. The Kier molecular flexibility index (Phi) is 4.14. The van der Waals surface area contributed by atoms with E-state index in [1.165, 1.54) is 18.2 Å². The van der Waals surface area contributed by atoms with E-state index in [4.69, 9.17) is 10.8 Å². The van der Waals surface area contributed by atoms with E-state index in [1.54, 1.807) is 0 Å². The third kappa shape index (κ3) is 3.11. The molecule has 0 spiro atoms. The van der Waals surface area contributed by atoms with Crippen molar-refractivity contribution in [3.05, 3.63) is 34.1 Å². The number of hydrogen-bond donors (Lipinski definition) is 2. The molecule has 1 aromatic rings. The van der Waals surface area contributed by atoms with Gasteiger partial charge in [-0.2, -0.15) is 0 Å². The molecular formula is C10H9BrFNO3. The van der Waals surface area contributed by atoms with Gasteiger partial charge in [-0.05, 0) is 33.6 Å². The number of carboxylic acid groups (broad SMARTS) is 1. The second-order valence-electron chi connectivity index (χ2n) is 3.21. The molecule has 1 rings (SSSR count). The molecule has 1 unspecified atom stereocenters. The topological polar surface area (TPSA) is 80.4 Å². The maximum Gasteiger partial charge on any atom is 0.328 e. The Morgan fingerprint density at radius 1 is 1.50 bits per heavy atom. The van der Waals surface area contributed by atoms with Crippen LogP contribution in [0.25, 0.3) is 0 Å². The average Bonchev–Trinajstić information content (AvgIpc) is 2.22. The van der Waals surface area contributed by atoms with Gasteiger partial charge in [0.25, 0.3) is 0 Å². The van der Waals surface area contributed by atoms with Crippen molar-refractivity contribution < 1.29 is 19.1 Å². The maximum absolute atomic E-state index is 12.9. The van der Waals surface area contributed by atoms with Gasteiger partial charge in [0.15, 0.2) is 11.8 Å². The van der Waals surface area contributed by atoms with E-state index >= 15 is 0 Å². The summed E-state index contributed by atoms with van der Waals surface area (Å²) in [5.41, 5.74) is 5.65. The minimum atomic E-state index is -1.54. The third-order valence-corrected chi connectivity index (χ3v) is 2.58. The standard InChI is InChI=1S/C10H9BrFNO3/c11-6-3-5(1-2-7(6)12)4-8(14)9(13)10(15)16/h1-3,9H,4,13H2,(H,15,16). The molecular weight excluding hydrogens is 281 g/mol. The molecule has 0 saturated heterocycles. The number of ketones is 1. The van der Waals surface area contributed by atoms with Crippen molar-refractivity contribution in [1.82, 2.24) is 0 Å². The second kappa shape index (κ2) is 5.18. The molecule has 0 saturated carbocycles. The maximum atomic E-state index is 12.9. The first-order valence-corrected chi connectivity index (χ1v) is 5.16. The van der Waals surface area contributed by atoms with E-state index in [9.17, 15) is 14.0 Å². The van der Waals surface area contributed by atoms with E-state index in [2.05, 4.69) is 15.9 Å². The van der Waals surface area contributed by atoms with Gasteiger partial charge in [0.2, 0.25) is 0 Å². The zero-order valence-corrected chi connectivity index (χ0v) is 9.70. The highest BCUT2D eigenvalue weighted by Gasteiger charge is 2.21. The number of Topliss-reactive ketones (excluding diaryl/α,β-unsaturated/α-hetero) is 1. The summed E-state index contributed by atoms with van der Waals surface area (Å²) in [5.74, 6) is -2.43. The summed E-state index contributed by atoms with van der Waals surface area (Å²) < 4.78 is 13.1. The molecule has 4 nitrogen and oxygen atoms in total. The lowest BCUT2D eigenvalue weighted by Gasteiger charge is -2.06. The van der Waals surface area contributed by atoms with Gasteiger partial charge >= 0.3 is 5.97 Å². The van der Waals surface area contributed by atoms with Crippen LogP contribution < -0.4 is 5.73 Å². The van der Waals surface area contributed by atoms with E-state index in [0.29, 0.717) is 5.56 Å². The monoisotopic (exact) mass is 289 g/mol. The smallest absolute Gasteiger partial charge is 0.328 e. The lowest BCUT2D eigenvalue weighted by atomic mass is 10.0. The van der Waals surface area contributed by atoms with Crippen LogP contribution >= 0.6 is 15.9 Å². The summed E-state index contributed by atoms with van der Waals surface area (Å²) in [5, 5.41) is 8.51. The molecule has 0 bridgehead atoms. The molecule has 0 radical (unpaired) electrons. The number of carbonyl (C=O) groups is 2. The summed E-state index contributed by atoms with van der Waals surface area (Å²) in [6.07, 6.45) is -0.133.